The van der Waals surface area contributed by atoms with Crippen LogP contribution in [0, 0.1) is 0 Å². The fraction of sp³-hybridized carbons (Fsp3) is 0. The average molecular weight is 125 g/mol. The van der Waals surface area contributed by atoms with E-state index < -0.39 is 7.82 Å². The molecule has 0 heterocycles. The van der Waals surface area contributed by atoms with Gasteiger partial charge in [-0.3, -0.25) is 0 Å². The van der Waals surface area contributed by atoms with Gasteiger partial charge in [0, 0.05) is 0 Å². The molecule has 4 nitrogen and oxygen atoms in total. The first-order valence-corrected chi connectivity index (χ1v) is 2.35. The van der Waals surface area contributed by atoms with Gasteiger partial charge in [0.25, 0.3) is 0 Å². The van der Waals surface area contributed by atoms with Crippen LogP contribution in [0.3, 0.4) is 0 Å². The molecule has 0 aliphatic rings. The number of hydrogen-bond donors (Lipinski definition) is 3. The molecular formula is H3AlO4P+3. The van der Waals surface area contributed by atoms with Crippen LogP contribution in [0.2, 0.25) is 0 Å². The van der Waals surface area contributed by atoms with E-state index in [0.717, 1.165) is 0 Å². The van der Waals surface area contributed by atoms with Gasteiger partial charge in [0.15, 0.2) is 0 Å². The van der Waals surface area contributed by atoms with Crippen molar-refractivity contribution in [1.82, 2.24) is 0 Å². The van der Waals surface area contributed by atoms with Crippen LogP contribution >= 0.6 is 7.82 Å². The average Bonchev–Trinajstić information content (AvgIpc) is 0.722. The Morgan fingerprint density at radius 3 is 1.17 bits per heavy atom. The molecule has 6 heavy (non-hydrogen) atoms. The van der Waals surface area contributed by atoms with E-state index in [2.05, 4.69) is 0 Å². The van der Waals surface area contributed by atoms with Crippen molar-refractivity contribution in [2.45, 2.75) is 0 Å². The van der Waals surface area contributed by atoms with Gasteiger partial charge in [-0.05, 0) is 0 Å². The van der Waals surface area contributed by atoms with E-state index in [9.17, 15) is 0 Å². The molecule has 32 valence electrons. The summed E-state index contributed by atoms with van der Waals surface area (Å²) in [7, 11) is -4.64. The zero-order valence-electron chi connectivity index (χ0n) is 2.77. The minimum atomic E-state index is -4.64. The fourth-order valence-corrected chi connectivity index (χ4v) is 0. The molecule has 0 saturated carbocycles. The Hall–Kier alpha value is 0.642. The monoisotopic (exact) mass is 125 g/mol. The molecule has 0 atom stereocenters. The molecule has 0 aromatic heterocycles. The molecule has 0 aliphatic carbocycles. The molecule has 0 bridgehead atoms. The van der Waals surface area contributed by atoms with Gasteiger partial charge in [0.2, 0.25) is 0 Å². The molecule has 0 spiro atoms. The molecular weight excluding hydrogens is 122 g/mol. The van der Waals surface area contributed by atoms with E-state index in [4.69, 9.17) is 19.2 Å². The summed E-state index contributed by atoms with van der Waals surface area (Å²) in [5, 5.41) is 0. The molecule has 0 rings (SSSR count). The summed E-state index contributed by atoms with van der Waals surface area (Å²) in [5.41, 5.74) is 0. The Morgan fingerprint density at radius 2 is 1.17 bits per heavy atom. The van der Waals surface area contributed by atoms with E-state index in [0.29, 0.717) is 0 Å². The van der Waals surface area contributed by atoms with Crippen LogP contribution in [0.4, 0.5) is 0 Å². The van der Waals surface area contributed by atoms with E-state index in [1.165, 1.54) is 0 Å². The molecule has 0 radical (unpaired) electrons. The van der Waals surface area contributed by atoms with Gasteiger partial charge in [-0.15, -0.1) is 0 Å². The van der Waals surface area contributed by atoms with Crippen LogP contribution in [0.5, 0.6) is 0 Å². The molecule has 0 aromatic rings. The summed E-state index contributed by atoms with van der Waals surface area (Å²) < 4.78 is 8.88. The van der Waals surface area contributed by atoms with E-state index >= 15 is 0 Å². The van der Waals surface area contributed by atoms with Crippen molar-refractivity contribution in [2.24, 2.45) is 0 Å². The molecule has 3 N–H and O–H groups in total. The Labute approximate surface area is 45.2 Å². The van der Waals surface area contributed by atoms with Gasteiger partial charge in [0.05, 0.1) is 0 Å². The molecule has 6 heteroatoms. The molecule has 0 saturated heterocycles. The van der Waals surface area contributed by atoms with Crippen molar-refractivity contribution < 1.29 is 19.2 Å². The predicted octanol–water partition coefficient (Wildman–Crippen LogP) is -1.31. The number of phosphoric acid groups is 1. The summed E-state index contributed by atoms with van der Waals surface area (Å²) in [5.74, 6) is 0. The summed E-state index contributed by atoms with van der Waals surface area (Å²) in [6, 6.07) is 0. The van der Waals surface area contributed by atoms with Crippen molar-refractivity contribution in [3.05, 3.63) is 0 Å². The van der Waals surface area contributed by atoms with Gasteiger partial charge in [-0.2, -0.15) is 0 Å². The Balaban J connectivity index is 0. The number of hydrogen-bond acceptors (Lipinski definition) is 1. The molecule has 0 aromatic carbocycles. The standard InChI is InChI=1S/Al.H3O4P/c;1-5(2,3)4/h;(H3,1,2,3,4)/q+3;. The minimum Gasteiger partial charge on any atom is -0.303 e. The SMILES string of the molecule is O=P(O)(O)O.[Al+3]. The predicted molar refractivity (Wildman–Crippen MR) is 20.0 cm³/mol. The third-order valence-electron chi connectivity index (χ3n) is 0. The van der Waals surface area contributed by atoms with Gasteiger partial charge in [0.1, 0.15) is 0 Å². The zero-order chi connectivity index (χ0) is 4.50. The zero-order valence-corrected chi connectivity index (χ0v) is 4.82. The van der Waals surface area contributed by atoms with Crippen molar-refractivity contribution in [3.8, 4) is 0 Å². The van der Waals surface area contributed by atoms with Crippen molar-refractivity contribution in [2.75, 3.05) is 0 Å². The summed E-state index contributed by atoms with van der Waals surface area (Å²) in [6.07, 6.45) is 0. The quantitative estimate of drug-likeness (QED) is 0.277. The molecule has 0 fully saturated rings. The third kappa shape index (κ3) is 149. The number of rotatable bonds is 0. The normalized spacial score (nSPS) is 9.83. The maximum atomic E-state index is 8.88. The Kier molecular flexibility index (Phi) is 4.51. The van der Waals surface area contributed by atoms with Gasteiger partial charge in [-0.25, -0.2) is 4.57 Å². The Bertz CT molecular complexity index is 53.7. The summed E-state index contributed by atoms with van der Waals surface area (Å²) >= 11 is 0. The van der Waals surface area contributed by atoms with Crippen LogP contribution < -0.4 is 0 Å². The van der Waals surface area contributed by atoms with E-state index in [1.807, 2.05) is 0 Å². The third-order valence-corrected chi connectivity index (χ3v) is 0. The van der Waals surface area contributed by atoms with Crippen molar-refractivity contribution >= 4 is 25.2 Å². The topological polar surface area (TPSA) is 77.8 Å². The van der Waals surface area contributed by atoms with Crippen LogP contribution in [0.1, 0.15) is 0 Å². The van der Waals surface area contributed by atoms with Crippen LogP contribution in [0.15, 0.2) is 0 Å². The fourth-order valence-electron chi connectivity index (χ4n) is 0. The van der Waals surface area contributed by atoms with E-state index in [-0.39, 0.29) is 17.4 Å². The first-order chi connectivity index (χ1) is 2.00. The second-order valence-electron chi connectivity index (χ2n) is 0.513. The largest absolute Gasteiger partial charge is 3.00 e. The Morgan fingerprint density at radius 1 is 1.17 bits per heavy atom. The maximum absolute atomic E-state index is 8.88. The molecule has 0 unspecified atom stereocenters. The van der Waals surface area contributed by atoms with Gasteiger partial charge < -0.3 is 14.7 Å². The molecule has 0 aliphatic heterocycles. The molecule has 0 amide bonds. The minimum absolute atomic E-state index is 0. The smallest absolute Gasteiger partial charge is 0.303 e. The van der Waals surface area contributed by atoms with Gasteiger partial charge in [-0.1, -0.05) is 0 Å². The maximum Gasteiger partial charge on any atom is 3.00 e. The van der Waals surface area contributed by atoms with Crippen molar-refractivity contribution in [1.29, 1.82) is 0 Å². The first kappa shape index (κ1) is 9.81. The van der Waals surface area contributed by atoms with Gasteiger partial charge >= 0.3 is 25.2 Å². The summed E-state index contributed by atoms with van der Waals surface area (Å²) in [6.45, 7) is 0. The van der Waals surface area contributed by atoms with Crippen LogP contribution in [-0.4, -0.2) is 32.0 Å². The summed E-state index contributed by atoms with van der Waals surface area (Å²) in [4.78, 5) is 21.6. The van der Waals surface area contributed by atoms with Crippen molar-refractivity contribution in [3.63, 3.8) is 0 Å². The second-order valence-corrected chi connectivity index (χ2v) is 1.54. The first-order valence-electron chi connectivity index (χ1n) is 0.783. The van der Waals surface area contributed by atoms with Crippen LogP contribution in [0.25, 0.3) is 0 Å². The van der Waals surface area contributed by atoms with E-state index in [1.54, 1.807) is 0 Å². The second kappa shape index (κ2) is 2.76. The van der Waals surface area contributed by atoms with Crippen LogP contribution in [-0.2, 0) is 4.57 Å².